The molecule has 0 bridgehead atoms. The van der Waals surface area contributed by atoms with Gasteiger partial charge in [0.1, 0.15) is 5.76 Å². The molecule has 0 aromatic heterocycles. The van der Waals surface area contributed by atoms with Crippen LogP contribution >= 0.6 is 0 Å². The highest BCUT2D eigenvalue weighted by Crippen LogP contribution is 2.66. The highest BCUT2D eigenvalue weighted by Gasteiger charge is 2.60. The molecule has 160 valence electrons. The number of allylic oxidation sites excluding steroid dienone is 2. The highest BCUT2D eigenvalue weighted by molar-refractivity contribution is 7.87. The Morgan fingerprint density at radius 1 is 1.00 bits per heavy atom. The molecule has 0 heterocycles. The molecule has 4 aliphatic carbocycles. The van der Waals surface area contributed by atoms with Gasteiger partial charge in [0, 0.05) is 5.41 Å². The van der Waals surface area contributed by atoms with Crippen molar-refractivity contribution in [3.05, 3.63) is 11.8 Å². The molecule has 0 radical (unpaired) electrons. The number of alkyl halides is 3. The van der Waals surface area contributed by atoms with Gasteiger partial charge in [0.25, 0.3) is 0 Å². The lowest BCUT2D eigenvalue weighted by molar-refractivity contribution is -0.0916. The average Bonchev–Trinajstić information content (AvgIpc) is 2.79. The molecular formula is C21H31F3O3S. The molecule has 0 aliphatic heterocycles. The SMILES string of the molecule is CC12CCC3C(CCC4CCCCCC43C)C1CC=C2OS(=O)(=O)C(F)(F)F. The van der Waals surface area contributed by atoms with E-state index in [1.165, 1.54) is 38.5 Å². The number of rotatable bonds is 2. The minimum atomic E-state index is -5.60. The van der Waals surface area contributed by atoms with Crippen molar-refractivity contribution in [1.82, 2.24) is 0 Å². The van der Waals surface area contributed by atoms with Gasteiger partial charge < -0.3 is 4.18 Å². The van der Waals surface area contributed by atoms with E-state index in [1.54, 1.807) is 6.08 Å². The molecule has 0 amide bonds. The van der Waals surface area contributed by atoms with Gasteiger partial charge >= 0.3 is 15.6 Å². The first kappa shape index (κ1) is 20.5. The van der Waals surface area contributed by atoms with Crippen LogP contribution in [0.4, 0.5) is 13.2 Å². The summed E-state index contributed by atoms with van der Waals surface area (Å²) in [6.07, 6.45) is 12.7. The van der Waals surface area contributed by atoms with Crippen LogP contribution in [0.1, 0.15) is 78.1 Å². The summed E-state index contributed by atoms with van der Waals surface area (Å²) >= 11 is 0. The van der Waals surface area contributed by atoms with Crippen LogP contribution in [0.15, 0.2) is 11.8 Å². The molecule has 0 saturated heterocycles. The molecule has 4 rings (SSSR count). The van der Waals surface area contributed by atoms with E-state index in [0.717, 1.165) is 18.8 Å². The van der Waals surface area contributed by atoms with Crippen LogP contribution in [0.3, 0.4) is 0 Å². The van der Waals surface area contributed by atoms with E-state index in [1.807, 2.05) is 6.92 Å². The second-order valence-corrected chi connectivity index (χ2v) is 11.5. The first-order valence-corrected chi connectivity index (χ1v) is 12.1. The smallest absolute Gasteiger partial charge is 0.380 e. The third-order valence-corrected chi connectivity index (χ3v) is 9.79. The molecule has 0 aromatic rings. The summed E-state index contributed by atoms with van der Waals surface area (Å²) in [5, 5.41) is 0. The zero-order valence-corrected chi connectivity index (χ0v) is 17.5. The Hall–Kier alpha value is -0.720. The lowest BCUT2D eigenvalue weighted by Crippen LogP contribution is -2.51. The van der Waals surface area contributed by atoms with Crippen molar-refractivity contribution in [2.45, 2.75) is 83.6 Å². The maximum atomic E-state index is 12.8. The summed E-state index contributed by atoms with van der Waals surface area (Å²) in [5.41, 5.74) is -5.67. The van der Waals surface area contributed by atoms with Gasteiger partial charge in [-0.25, -0.2) is 0 Å². The fraction of sp³-hybridized carbons (Fsp3) is 0.905. The molecule has 3 fully saturated rings. The zero-order valence-electron chi connectivity index (χ0n) is 16.7. The lowest BCUT2D eigenvalue weighted by Gasteiger charge is -2.58. The van der Waals surface area contributed by atoms with Gasteiger partial charge in [0.15, 0.2) is 0 Å². The molecule has 3 saturated carbocycles. The Morgan fingerprint density at radius 2 is 1.75 bits per heavy atom. The fourth-order valence-electron chi connectivity index (χ4n) is 7.29. The van der Waals surface area contributed by atoms with E-state index in [0.29, 0.717) is 30.1 Å². The monoisotopic (exact) mass is 420 g/mol. The van der Waals surface area contributed by atoms with Gasteiger partial charge in [-0.05, 0) is 80.1 Å². The first-order chi connectivity index (χ1) is 13.0. The Labute approximate surface area is 166 Å². The quantitative estimate of drug-likeness (QED) is 0.396. The van der Waals surface area contributed by atoms with Gasteiger partial charge in [0.2, 0.25) is 0 Å². The molecule has 0 aromatic carbocycles. The maximum absolute atomic E-state index is 12.8. The topological polar surface area (TPSA) is 43.4 Å². The number of hydrogen-bond donors (Lipinski definition) is 0. The van der Waals surface area contributed by atoms with E-state index < -0.39 is 21.0 Å². The summed E-state index contributed by atoms with van der Waals surface area (Å²) in [7, 11) is -5.60. The predicted octanol–water partition coefficient (Wildman–Crippen LogP) is 6.17. The van der Waals surface area contributed by atoms with E-state index in [2.05, 4.69) is 11.1 Å². The third-order valence-electron chi connectivity index (χ3n) is 8.83. The average molecular weight is 421 g/mol. The van der Waals surface area contributed by atoms with Gasteiger partial charge in [-0.2, -0.15) is 21.6 Å². The molecule has 7 heteroatoms. The largest absolute Gasteiger partial charge is 0.534 e. The summed E-state index contributed by atoms with van der Waals surface area (Å²) in [6.45, 7) is 4.37. The van der Waals surface area contributed by atoms with Crippen molar-refractivity contribution >= 4 is 10.1 Å². The van der Waals surface area contributed by atoms with Gasteiger partial charge in [-0.15, -0.1) is 0 Å². The second kappa shape index (κ2) is 6.64. The summed E-state index contributed by atoms with van der Waals surface area (Å²) in [5.74, 6) is 2.02. The van der Waals surface area contributed by atoms with Crippen molar-refractivity contribution in [2.75, 3.05) is 0 Å². The van der Waals surface area contributed by atoms with Crippen LogP contribution in [0, 0.1) is 34.5 Å². The number of hydrogen-bond acceptors (Lipinski definition) is 3. The second-order valence-electron chi connectivity index (χ2n) is 10.00. The zero-order chi connectivity index (χ0) is 20.4. The predicted molar refractivity (Wildman–Crippen MR) is 100 cm³/mol. The van der Waals surface area contributed by atoms with E-state index in [-0.39, 0.29) is 11.7 Å². The normalized spacial score (nSPS) is 44.0. The van der Waals surface area contributed by atoms with Crippen molar-refractivity contribution in [2.24, 2.45) is 34.5 Å². The molecule has 0 N–H and O–H groups in total. The minimum absolute atomic E-state index is 0.0291. The molecule has 28 heavy (non-hydrogen) atoms. The van der Waals surface area contributed by atoms with Crippen LogP contribution in [0.25, 0.3) is 0 Å². The van der Waals surface area contributed by atoms with Crippen LogP contribution in [-0.4, -0.2) is 13.9 Å². The van der Waals surface area contributed by atoms with E-state index in [9.17, 15) is 21.6 Å². The van der Waals surface area contributed by atoms with E-state index >= 15 is 0 Å². The van der Waals surface area contributed by atoms with Crippen molar-refractivity contribution in [1.29, 1.82) is 0 Å². The standard InChI is InChI=1S/C21H31F3O3S/c1-19-12-5-3-4-6-14(19)7-8-15-16-9-10-18(20(16,2)13-11-17(15)19)27-28(25,26)21(22,23)24/h10,14-17H,3-9,11-13H2,1-2H3. The van der Waals surface area contributed by atoms with E-state index in [4.69, 9.17) is 0 Å². The molecule has 6 unspecified atom stereocenters. The molecule has 0 spiro atoms. The summed E-state index contributed by atoms with van der Waals surface area (Å²) < 4.78 is 66.4. The van der Waals surface area contributed by atoms with Crippen molar-refractivity contribution in [3.63, 3.8) is 0 Å². The summed E-state index contributed by atoms with van der Waals surface area (Å²) in [4.78, 5) is 0. The number of halogens is 3. The Kier molecular flexibility index (Phi) is 4.88. The van der Waals surface area contributed by atoms with Gasteiger partial charge in [0.05, 0.1) is 0 Å². The van der Waals surface area contributed by atoms with Crippen molar-refractivity contribution in [3.8, 4) is 0 Å². The third kappa shape index (κ3) is 3.02. The Balaban J connectivity index is 1.58. The molecule has 3 nitrogen and oxygen atoms in total. The molecule has 6 atom stereocenters. The van der Waals surface area contributed by atoms with Crippen molar-refractivity contribution < 1.29 is 25.8 Å². The maximum Gasteiger partial charge on any atom is 0.534 e. The van der Waals surface area contributed by atoms with Gasteiger partial charge in [-0.3, -0.25) is 0 Å². The van der Waals surface area contributed by atoms with Crippen LogP contribution in [0.2, 0.25) is 0 Å². The number of fused-ring (bicyclic) bond motifs is 5. The molecular weight excluding hydrogens is 389 g/mol. The minimum Gasteiger partial charge on any atom is -0.380 e. The van der Waals surface area contributed by atoms with Crippen LogP contribution in [0.5, 0.6) is 0 Å². The summed E-state index contributed by atoms with van der Waals surface area (Å²) in [6, 6.07) is 0. The highest BCUT2D eigenvalue weighted by atomic mass is 32.2. The van der Waals surface area contributed by atoms with Crippen LogP contribution < -0.4 is 0 Å². The Bertz CT molecular complexity index is 759. The van der Waals surface area contributed by atoms with Gasteiger partial charge in [-0.1, -0.05) is 33.1 Å². The van der Waals surface area contributed by atoms with Crippen LogP contribution in [-0.2, 0) is 14.3 Å². The Morgan fingerprint density at radius 3 is 2.46 bits per heavy atom. The lowest BCUT2D eigenvalue weighted by atomic mass is 9.46. The fourth-order valence-corrected chi connectivity index (χ4v) is 7.88. The first-order valence-electron chi connectivity index (χ1n) is 10.7. The molecule has 4 aliphatic rings.